The molecule has 1 rings (SSSR count). The number of methoxy groups -OCH3 is 1. The molecule has 1 amide bonds. The second kappa shape index (κ2) is 7.14. The number of ether oxygens (including phenoxy) is 1. The molecule has 96 valence electrons. The third-order valence-corrected chi connectivity index (χ3v) is 2.32. The van der Waals surface area contributed by atoms with Crippen molar-refractivity contribution in [1.29, 1.82) is 0 Å². The molecular formula is C12H19ClN2O2. The minimum absolute atomic E-state index is 0. The molecule has 1 aromatic carbocycles. The average molecular weight is 259 g/mol. The van der Waals surface area contributed by atoms with Crippen molar-refractivity contribution in [3.63, 3.8) is 0 Å². The molecule has 2 N–H and O–H groups in total. The van der Waals surface area contributed by atoms with Crippen molar-refractivity contribution in [2.45, 2.75) is 19.5 Å². The van der Waals surface area contributed by atoms with Crippen LogP contribution in [0.15, 0.2) is 24.3 Å². The lowest BCUT2D eigenvalue weighted by Gasteiger charge is -2.19. The molecular weight excluding hydrogens is 240 g/mol. The van der Waals surface area contributed by atoms with E-state index in [1.54, 1.807) is 26.0 Å². The van der Waals surface area contributed by atoms with Crippen LogP contribution in [0.25, 0.3) is 0 Å². The largest absolute Gasteiger partial charge is 0.497 e. The summed E-state index contributed by atoms with van der Waals surface area (Å²) in [5.41, 5.74) is 6.55. The maximum atomic E-state index is 11.6. The zero-order valence-electron chi connectivity index (χ0n) is 10.3. The van der Waals surface area contributed by atoms with E-state index in [1.165, 1.54) is 0 Å². The molecule has 0 aromatic heterocycles. The predicted octanol–water partition coefficient (Wildman–Crippen LogP) is 1.42. The van der Waals surface area contributed by atoms with Gasteiger partial charge in [-0.05, 0) is 24.6 Å². The molecule has 5 heteroatoms. The van der Waals surface area contributed by atoms with Crippen LogP contribution in [0.2, 0.25) is 0 Å². The Labute approximate surface area is 108 Å². The second-order valence-corrected chi connectivity index (χ2v) is 3.83. The SMILES string of the molecule is COc1cccc(CN(C)C(=O)[C@@H](C)N)c1.Cl. The predicted molar refractivity (Wildman–Crippen MR) is 70.4 cm³/mol. The molecule has 0 aliphatic rings. The highest BCUT2D eigenvalue weighted by atomic mass is 35.5. The van der Waals surface area contributed by atoms with Crippen molar-refractivity contribution in [2.75, 3.05) is 14.2 Å². The number of halogens is 1. The molecule has 0 radical (unpaired) electrons. The van der Waals surface area contributed by atoms with Gasteiger partial charge in [0.15, 0.2) is 0 Å². The van der Waals surface area contributed by atoms with E-state index in [0.29, 0.717) is 6.54 Å². The molecule has 0 spiro atoms. The van der Waals surface area contributed by atoms with E-state index in [9.17, 15) is 4.79 Å². The van der Waals surface area contributed by atoms with Gasteiger partial charge in [-0.15, -0.1) is 12.4 Å². The first-order chi connectivity index (χ1) is 7.54. The van der Waals surface area contributed by atoms with Crippen molar-refractivity contribution in [3.05, 3.63) is 29.8 Å². The summed E-state index contributed by atoms with van der Waals surface area (Å²) in [5.74, 6) is 0.724. The second-order valence-electron chi connectivity index (χ2n) is 3.83. The third kappa shape index (κ3) is 4.63. The summed E-state index contributed by atoms with van der Waals surface area (Å²) in [6.45, 7) is 2.22. The number of amides is 1. The molecule has 0 aliphatic carbocycles. The normalized spacial score (nSPS) is 11.3. The van der Waals surface area contributed by atoms with E-state index >= 15 is 0 Å². The lowest BCUT2D eigenvalue weighted by molar-refractivity contribution is -0.131. The van der Waals surface area contributed by atoms with Gasteiger partial charge in [0.1, 0.15) is 5.75 Å². The fourth-order valence-electron chi connectivity index (χ4n) is 1.47. The topological polar surface area (TPSA) is 55.6 Å². The summed E-state index contributed by atoms with van der Waals surface area (Å²) in [6, 6.07) is 7.17. The summed E-state index contributed by atoms with van der Waals surface area (Å²) in [6.07, 6.45) is 0. The highest BCUT2D eigenvalue weighted by molar-refractivity contribution is 5.85. The molecule has 0 fully saturated rings. The van der Waals surface area contributed by atoms with Crippen LogP contribution in [-0.4, -0.2) is 31.0 Å². The fourth-order valence-corrected chi connectivity index (χ4v) is 1.47. The van der Waals surface area contributed by atoms with Gasteiger partial charge < -0.3 is 15.4 Å². The molecule has 1 atom stereocenters. The highest BCUT2D eigenvalue weighted by Crippen LogP contribution is 2.13. The number of carbonyl (C=O) groups is 1. The smallest absolute Gasteiger partial charge is 0.239 e. The number of nitrogens with zero attached hydrogens (tertiary/aromatic N) is 1. The number of nitrogens with two attached hydrogens (primary N) is 1. The zero-order chi connectivity index (χ0) is 12.1. The summed E-state index contributed by atoms with van der Waals surface area (Å²) < 4.78 is 5.12. The number of benzene rings is 1. The summed E-state index contributed by atoms with van der Waals surface area (Å²) in [5, 5.41) is 0. The van der Waals surface area contributed by atoms with Gasteiger partial charge in [-0.2, -0.15) is 0 Å². The van der Waals surface area contributed by atoms with Crippen LogP contribution < -0.4 is 10.5 Å². The number of likely N-dealkylation sites (N-methyl/N-ethyl adjacent to an activating group) is 1. The van der Waals surface area contributed by atoms with Gasteiger partial charge in [-0.1, -0.05) is 12.1 Å². The first-order valence-electron chi connectivity index (χ1n) is 5.18. The summed E-state index contributed by atoms with van der Waals surface area (Å²) in [7, 11) is 3.36. The van der Waals surface area contributed by atoms with E-state index in [-0.39, 0.29) is 18.3 Å². The van der Waals surface area contributed by atoms with Crippen LogP contribution in [-0.2, 0) is 11.3 Å². The zero-order valence-corrected chi connectivity index (χ0v) is 11.2. The Kier molecular flexibility index (Phi) is 6.61. The van der Waals surface area contributed by atoms with Crippen LogP contribution in [0.3, 0.4) is 0 Å². The lowest BCUT2D eigenvalue weighted by Crippen LogP contribution is -2.39. The van der Waals surface area contributed by atoms with Gasteiger partial charge in [0, 0.05) is 13.6 Å². The van der Waals surface area contributed by atoms with E-state index in [1.807, 2.05) is 24.3 Å². The third-order valence-electron chi connectivity index (χ3n) is 2.32. The molecule has 1 aromatic rings. The molecule has 17 heavy (non-hydrogen) atoms. The molecule has 0 saturated carbocycles. The van der Waals surface area contributed by atoms with E-state index < -0.39 is 6.04 Å². The van der Waals surface area contributed by atoms with Gasteiger partial charge in [0.2, 0.25) is 5.91 Å². The van der Waals surface area contributed by atoms with Crippen molar-refractivity contribution in [2.24, 2.45) is 5.73 Å². The standard InChI is InChI=1S/C12H18N2O2.ClH/c1-9(13)12(15)14(2)8-10-5-4-6-11(7-10)16-3;/h4-7,9H,8,13H2,1-3H3;1H/t9-;/m1./s1. The molecule has 0 unspecified atom stereocenters. The van der Waals surface area contributed by atoms with E-state index in [2.05, 4.69) is 0 Å². The summed E-state index contributed by atoms with van der Waals surface area (Å²) in [4.78, 5) is 13.2. The number of rotatable bonds is 4. The average Bonchev–Trinajstić information content (AvgIpc) is 2.28. The van der Waals surface area contributed by atoms with Crippen LogP contribution in [0.1, 0.15) is 12.5 Å². The van der Waals surface area contributed by atoms with Crippen molar-refractivity contribution in [3.8, 4) is 5.75 Å². The monoisotopic (exact) mass is 258 g/mol. The molecule has 0 heterocycles. The Morgan fingerprint density at radius 3 is 2.71 bits per heavy atom. The minimum atomic E-state index is -0.462. The Hall–Kier alpha value is -1.26. The highest BCUT2D eigenvalue weighted by Gasteiger charge is 2.13. The lowest BCUT2D eigenvalue weighted by atomic mass is 10.2. The number of hydrogen-bond donors (Lipinski definition) is 1. The number of hydrogen-bond acceptors (Lipinski definition) is 3. The molecule has 0 aliphatic heterocycles. The molecule has 0 saturated heterocycles. The van der Waals surface area contributed by atoms with Crippen LogP contribution in [0, 0.1) is 0 Å². The van der Waals surface area contributed by atoms with Crippen molar-refractivity contribution >= 4 is 18.3 Å². The van der Waals surface area contributed by atoms with Gasteiger partial charge >= 0.3 is 0 Å². The Morgan fingerprint density at radius 2 is 2.18 bits per heavy atom. The quantitative estimate of drug-likeness (QED) is 0.889. The Bertz CT molecular complexity index is 369. The van der Waals surface area contributed by atoms with E-state index in [0.717, 1.165) is 11.3 Å². The van der Waals surface area contributed by atoms with Crippen LogP contribution in [0.5, 0.6) is 5.75 Å². The maximum absolute atomic E-state index is 11.6. The number of carbonyl (C=O) groups excluding carboxylic acids is 1. The van der Waals surface area contributed by atoms with Crippen molar-refractivity contribution in [1.82, 2.24) is 4.90 Å². The fraction of sp³-hybridized carbons (Fsp3) is 0.417. The Morgan fingerprint density at radius 1 is 1.53 bits per heavy atom. The first kappa shape index (κ1) is 15.7. The van der Waals surface area contributed by atoms with Crippen LogP contribution in [0.4, 0.5) is 0 Å². The van der Waals surface area contributed by atoms with Crippen LogP contribution >= 0.6 is 12.4 Å². The maximum Gasteiger partial charge on any atom is 0.239 e. The van der Waals surface area contributed by atoms with Gasteiger partial charge in [0.05, 0.1) is 13.2 Å². The Balaban J connectivity index is 0.00000256. The molecule has 0 bridgehead atoms. The van der Waals surface area contributed by atoms with Crippen molar-refractivity contribution < 1.29 is 9.53 Å². The van der Waals surface area contributed by atoms with Gasteiger partial charge in [-0.25, -0.2) is 0 Å². The molecule has 4 nitrogen and oxygen atoms in total. The first-order valence-corrected chi connectivity index (χ1v) is 5.18. The summed E-state index contributed by atoms with van der Waals surface area (Å²) >= 11 is 0. The van der Waals surface area contributed by atoms with E-state index in [4.69, 9.17) is 10.5 Å². The minimum Gasteiger partial charge on any atom is -0.497 e. The van der Waals surface area contributed by atoms with Gasteiger partial charge in [0.25, 0.3) is 0 Å². The van der Waals surface area contributed by atoms with Gasteiger partial charge in [-0.3, -0.25) is 4.79 Å².